The second-order valence-electron chi connectivity index (χ2n) is 7.07. The highest BCUT2D eigenvalue weighted by Gasteiger charge is 2.34. The van der Waals surface area contributed by atoms with Crippen LogP contribution in [0, 0.1) is 19.8 Å². The summed E-state index contributed by atoms with van der Waals surface area (Å²) in [5, 5.41) is 9.21. The second kappa shape index (κ2) is 7.73. The van der Waals surface area contributed by atoms with Gasteiger partial charge in [-0.2, -0.15) is 9.40 Å². The molecular weight excluding hydrogens is 384 g/mol. The van der Waals surface area contributed by atoms with Gasteiger partial charge in [0.2, 0.25) is 5.91 Å². The Kier molecular flexibility index (Phi) is 5.73. The summed E-state index contributed by atoms with van der Waals surface area (Å²) >= 11 is 1.21. The van der Waals surface area contributed by atoms with Gasteiger partial charge in [0, 0.05) is 31.4 Å². The van der Waals surface area contributed by atoms with Crippen molar-refractivity contribution in [2.24, 2.45) is 13.0 Å². The first-order valence-electron chi connectivity index (χ1n) is 9.06. The van der Waals surface area contributed by atoms with Crippen LogP contribution in [0.2, 0.25) is 0 Å². The molecular formula is C18H26N4O3S2. The average Bonchev–Trinajstić information content (AvgIpc) is 3.24. The van der Waals surface area contributed by atoms with E-state index in [1.165, 1.54) is 15.6 Å². The van der Waals surface area contributed by atoms with Crippen molar-refractivity contribution in [2.75, 3.05) is 13.1 Å². The maximum absolute atomic E-state index is 12.8. The average molecular weight is 411 g/mol. The van der Waals surface area contributed by atoms with Gasteiger partial charge < -0.3 is 5.32 Å². The number of carbonyl (C=O) groups is 1. The predicted octanol–water partition coefficient (Wildman–Crippen LogP) is 2.38. The molecule has 2 aromatic rings. The van der Waals surface area contributed by atoms with Crippen molar-refractivity contribution in [3.05, 3.63) is 34.5 Å². The number of aryl methyl sites for hydroxylation is 2. The fourth-order valence-corrected chi connectivity index (χ4v) is 6.40. The number of carbonyl (C=O) groups excluding carboxylic acids is 1. The van der Waals surface area contributed by atoms with Crippen molar-refractivity contribution < 1.29 is 13.2 Å². The molecule has 1 fully saturated rings. The lowest BCUT2D eigenvalue weighted by atomic mass is 9.97. The van der Waals surface area contributed by atoms with Gasteiger partial charge in [0.15, 0.2) is 0 Å². The van der Waals surface area contributed by atoms with Gasteiger partial charge in [-0.15, -0.1) is 11.3 Å². The largest absolute Gasteiger partial charge is 0.349 e. The minimum atomic E-state index is -3.52. The van der Waals surface area contributed by atoms with Crippen LogP contribution >= 0.6 is 11.3 Å². The van der Waals surface area contributed by atoms with Gasteiger partial charge in [-0.25, -0.2) is 8.42 Å². The third kappa shape index (κ3) is 3.95. The zero-order valence-electron chi connectivity index (χ0n) is 16.1. The molecule has 0 saturated carbocycles. The highest BCUT2D eigenvalue weighted by atomic mass is 32.2. The van der Waals surface area contributed by atoms with Gasteiger partial charge in [-0.3, -0.25) is 9.48 Å². The molecule has 3 rings (SSSR count). The SMILES string of the molecule is Cc1nn(C)c(C)c1C(C)NC(=O)C1CCCN(S(=O)(=O)c2cccs2)C1. The minimum absolute atomic E-state index is 0.101. The summed E-state index contributed by atoms with van der Waals surface area (Å²) in [4.78, 5) is 12.8. The summed E-state index contributed by atoms with van der Waals surface area (Å²) in [7, 11) is -1.63. The molecule has 3 heterocycles. The third-order valence-electron chi connectivity index (χ3n) is 5.20. The van der Waals surface area contributed by atoms with Crippen molar-refractivity contribution in [3.8, 4) is 0 Å². The molecule has 2 aromatic heterocycles. The number of nitrogens with zero attached hydrogens (tertiary/aromatic N) is 3. The molecule has 1 aliphatic heterocycles. The Morgan fingerprint density at radius 1 is 1.41 bits per heavy atom. The van der Waals surface area contributed by atoms with Crippen molar-refractivity contribution in [3.63, 3.8) is 0 Å². The van der Waals surface area contributed by atoms with Crippen LogP contribution in [0.25, 0.3) is 0 Å². The fourth-order valence-electron chi connectivity index (χ4n) is 3.73. The Morgan fingerprint density at radius 2 is 2.15 bits per heavy atom. The van der Waals surface area contributed by atoms with Crippen LogP contribution in [-0.4, -0.2) is 41.5 Å². The van der Waals surface area contributed by atoms with Gasteiger partial charge in [-0.05, 0) is 45.1 Å². The number of hydrogen-bond acceptors (Lipinski definition) is 5. The number of thiophene rings is 1. The normalized spacial score (nSPS) is 19.8. The molecule has 0 spiro atoms. The summed E-state index contributed by atoms with van der Waals surface area (Å²) in [5.74, 6) is -0.440. The Bertz CT molecular complexity index is 919. The number of nitrogens with one attached hydrogen (secondary N) is 1. The number of piperidine rings is 1. The van der Waals surface area contributed by atoms with Crippen LogP contribution in [0.1, 0.15) is 42.8 Å². The summed E-state index contributed by atoms with van der Waals surface area (Å²) in [6.07, 6.45) is 1.38. The minimum Gasteiger partial charge on any atom is -0.349 e. The van der Waals surface area contributed by atoms with Crippen LogP contribution in [-0.2, 0) is 21.9 Å². The van der Waals surface area contributed by atoms with Gasteiger partial charge >= 0.3 is 0 Å². The molecule has 9 heteroatoms. The van der Waals surface area contributed by atoms with Crippen LogP contribution in [0.3, 0.4) is 0 Å². The van der Waals surface area contributed by atoms with Crippen LogP contribution in [0.5, 0.6) is 0 Å². The van der Waals surface area contributed by atoms with E-state index in [0.29, 0.717) is 23.6 Å². The first-order valence-corrected chi connectivity index (χ1v) is 11.4. The predicted molar refractivity (Wildman–Crippen MR) is 105 cm³/mol. The molecule has 148 valence electrons. The van der Waals surface area contributed by atoms with Gasteiger partial charge in [-0.1, -0.05) is 6.07 Å². The van der Waals surface area contributed by atoms with Crippen molar-refractivity contribution in [2.45, 2.75) is 43.9 Å². The standard InChI is InChI=1S/C18H26N4O3S2/c1-12(17-13(2)20-21(4)14(17)3)19-18(23)15-7-5-9-22(11-15)27(24,25)16-8-6-10-26-16/h6,8,10,12,15H,5,7,9,11H2,1-4H3,(H,19,23). The molecule has 0 bridgehead atoms. The molecule has 1 aliphatic rings. The smallest absolute Gasteiger partial charge is 0.252 e. The van der Waals surface area contributed by atoms with Crippen molar-refractivity contribution in [1.82, 2.24) is 19.4 Å². The van der Waals surface area contributed by atoms with Crippen LogP contribution in [0.15, 0.2) is 21.7 Å². The molecule has 0 aromatic carbocycles. The fraction of sp³-hybridized carbons (Fsp3) is 0.556. The molecule has 2 atom stereocenters. The van der Waals surface area contributed by atoms with Gasteiger partial charge in [0.1, 0.15) is 4.21 Å². The lowest BCUT2D eigenvalue weighted by Gasteiger charge is -2.31. The maximum Gasteiger partial charge on any atom is 0.252 e. The Balaban J connectivity index is 1.70. The van der Waals surface area contributed by atoms with Crippen molar-refractivity contribution in [1.29, 1.82) is 0 Å². The Morgan fingerprint density at radius 3 is 2.74 bits per heavy atom. The van der Waals surface area contributed by atoms with E-state index in [2.05, 4.69) is 10.4 Å². The van der Waals surface area contributed by atoms with E-state index in [1.54, 1.807) is 17.5 Å². The first-order chi connectivity index (χ1) is 12.7. The molecule has 0 radical (unpaired) electrons. The second-order valence-corrected chi connectivity index (χ2v) is 10.2. The van der Waals surface area contributed by atoms with Crippen LogP contribution < -0.4 is 5.32 Å². The van der Waals surface area contributed by atoms with E-state index >= 15 is 0 Å². The number of rotatable bonds is 5. The lowest BCUT2D eigenvalue weighted by Crippen LogP contribution is -2.45. The number of aromatic nitrogens is 2. The molecule has 2 unspecified atom stereocenters. The quantitative estimate of drug-likeness (QED) is 0.820. The van der Waals surface area contributed by atoms with E-state index in [9.17, 15) is 13.2 Å². The van der Waals surface area contributed by atoms with E-state index < -0.39 is 10.0 Å². The van der Waals surface area contributed by atoms with Crippen molar-refractivity contribution >= 4 is 27.3 Å². The Hall–Kier alpha value is -1.71. The lowest BCUT2D eigenvalue weighted by molar-refractivity contribution is -0.126. The molecule has 0 aliphatic carbocycles. The molecule has 7 nitrogen and oxygen atoms in total. The highest BCUT2D eigenvalue weighted by molar-refractivity contribution is 7.91. The molecule has 1 amide bonds. The Labute approximate surface area is 164 Å². The number of hydrogen-bond donors (Lipinski definition) is 1. The monoisotopic (exact) mass is 410 g/mol. The highest BCUT2D eigenvalue weighted by Crippen LogP contribution is 2.27. The molecule has 1 saturated heterocycles. The topological polar surface area (TPSA) is 84.3 Å². The number of sulfonamides is 1. The zero-order chi connectivity index (χ0) is 19.8. The van der Waals surface area contributed by atoms with E-state index in [-0.39, 0.29) is 24.4 Å². The van der Waals surface area contributed by atoms with E-state index in [0.717, 1.165) is 17.0 Å². The molecule has 27 heavy (non-hydrogen) atoms. The van der Waals surface area contributed by atoms with E-state index in [4.69, 9.17) is 0 Å². The summed E-state index contributed by atoms with van der Waals surface area (Å²) < 4.78 is 29.1. The first kappa shape index (κ1) is 20.0. The van der Waals surface area contributed by atoms with Crippen LogP contribution in [0.4, 0.5) is 0 Å². The summed E-state index contributed by atoms with van der Waals surface area (Å²) in [6, 6.07) is 3.17. The number of amides is 1. The zero-order valence-corrected chi connectivity index (χ0v) is 17.7. The third-order valence-corrected chi connectivity index (χ3v) is 8.44. The van der Waals surface area contributed by atoms with Gasteiger partial charge in [0.25, 0.3) is 10.0 Å². The summed E-state index contributed by atoms with van der Waals surface area (Å²) in [6.45, 7) is 6.54. The maximum atomic E-state index is 12.8. The van der Waals surface area contributed by atoms with Gasteiger partial charge in [0.05, 0.1) is 17.7 Å². The van der Waals surface area contributed by atoms with E-state index in [1.807, 2.05) is 32.5 Å². The summed E-state index contributed by atoms with van der Waals surface area (Å²) in [5.41, 5.74) is 2.93. The molecule has 1 N–H and O–H groups in total.